The maximum absolute atomic E-state index is 12.8. The van der Waals surface area contributed by atoms with Crippen molar-refractivity contribution in [3.8, 4) is 6.19 Å². The molecule has 2 aliphatic rings. The molecule has 6 nitrogen and oxygen atoms in total. The first-order valence-corrected chi connectivity index (χ1v) is 13.1. The number of carbonyl (C=O) groups is 1. The number of benzene rings is 2. The van der Waals surface area contributed by atoms with Gasteiger partial charge in [0.25, 0.3) is 0 Å². The van der Waals surface area contributed by atoms with Crippen LogP contribution in [0.5, 0.6) is 0 Å². The highest BCUT2D eigenvalue weighted by Gasteiger charge is 2.32. The van der Waals surface area contributed by atoms with Gasteiger partial charge in [-0.05, 0) is 61.3 Å². The first kappa shape index (κ1) is 31.0. The summed E-state index contributed by atoms with van der Waals surface area (Å²) in [6.45, 7) is 9.80. The SMILES string of the molecule is CC(N)=O.CC1(c2ccccc2)CCN(C(=NCc2ccccc2)NC#N)CC1.CC1=CC(C)=C(F)C=CC1. The monoisotopic (exact) mass is 529 g/mol. The van der Waals surface area contributed by atoms with E-state index >= 15 is 0 Å². The van der Waals surface area contributed by atoms with E-state index in [1.807, 2.05) is 43.5 Å². The number of guanidine groups is 1. The van der Waals surface area contributed by atoms with Crippen molar-refractivity contribution in [2.75, 3.05) is 13.1 Å². The van der Waals surface area contributed by atoms with E-state index in [4.69, 9.17) is 5.26 Å². The van der Waals surface area contributed by atoms with E-state index in [1.54, 1.807) is 6.92 Å². The van der Waals surface area contributed by atoms with Crippen LogP contribution in [-0.2, 0) is 16.8 Å². The topological polar surface area (TPSA) is 94.5 Å². The molecule has 1 heterocycles. The maximum Gasteiger partial charge on any atom is 0.214 e. The molecule has 206 valence electrons. The number of amides is 1. The third kappa shape index (κ3) is 11.0. The third-order valence-corrected chi connectivity index (χ3v) is 6.60. The number of likely N-dealkylation sites (tertiary alicyclic amines) is 1. The molecule has 0 aromatic heterocycles. The van der Waals surface area contributed by atoms with Gasteiger partial charge < -0.3 is 10.6 Å². The van der Waals surface area contributed by atoms with Gasteiger partial charge in [-0.3, -0.25) is 10.1 Å². The number of hydrogen-bond acceptors (Lipinski definition) is 3. The van der Waals surface area contributed by atoms with Crippen molar-refractivity contribution in [3.63, 3.8) is 0 Å². The second kappa shape index (κ2) is 15.9. The predicted octanol–water partition coefficient (Wildman–Crippen LogP) is 6.29. The minimum atomic E-state index is -0.333. The number of piperidine rings is 1. The fourth-order valence-corrected chi connectivity index (χ4v) is 4.34. The highest BCUT2D eigenvalue weighted by Crippen LogP contribution is 2.34. The number of nitrogens with two attached hydrogens (primary N) is 1. The molecule has 0 bridgehead atoms. The molecule has 1 aliphatic carbocycles. The van der Waals surface area contributed by atoms with Crippen molar-refractivity contribution in [1.29, 1.82) is 5.26 Å². The van der Waals surface area contributed by atoms with Crippen molar-refractivity contribution < 1.29 is 9.18 Å². The smallest absolute Gasteiger partial charge is 0.214 e. The van der Waals surface area contributed by atoms with Gasteiger partial charge in [-0.1, -0.05) is 85.3 Å². The summed E-state index contributed by atoms with van der Waals surface area (Å²) in [7, 11) is 0. The van der Waals surface area contributed by atoms with Crippen LogP contribution in [0.25, 0.3) is 0 Å². The zero-order chi connectivity index (χ0) is 28.7. The van der Waals surface area contributed by atoms with Crippen LogP contribution in [0.4, 0.5) is 4.39 Å². The Morgan fingerprint density at radius 2 is 1.67 bits per heavy atom. The molecule has 1 amide bonds. The van der Waals surface area contributed by atoms with E-state index in [2.05, 4.69) is 70.3 Å². The third-order valence-electron chi connectivity index (χ3n) is 6.60. The number of allylic oxidation sites excluding steroid dienone is 6. The molecule has 0 saturated carbocycles. The van der Waals surface area contributed by atoms with Crippen LogP contribution in [0.15, 0.2) is 101 Å². The number of nitrogens with one attached hydrogen (secondary N) is 1. The standard InChI is InChI=1S/C21H24N4.C9H11F.C2H5NO/c1-21(19-10-6-3-7-11-19)12-14-25(15-13-21)20(24-17-22)23-16-18-8-4-2-5-9-18;1-7-4-3-5-9(10)8(2)6-7;1-2(3)4/h2-11H,12-16H2,1H3,(H,23,24);3,5-6H,4H2,1-2H3;1H3,(H2,3,4). The van der Waals surface area contributed by atoms with Crippen molar-refractivity contribution in [2.45, 2.75) is 58.9 Å². The van der Waals surface area contributed by atoms with Gasteiger partial charge in [0.05, 0.1) is 6.54 Å². The molecule has 1 aliphatic heterocycles. The first-order valence-electron chi connectivity index (χ1n) is 13.1. The Morgan fingerprint density at radius 3 is 2.23 bits per heavy atom. The van der Waals surface area contributed by atoms with E-state index in [9.17, 15) is 9.18 Å². The van der Waals surface area contributed by atoms with Crippen LogP contribution in [0.2, 0.25) is 0 Å². The maximum atomic E-state index is 12.8. The van der Waals surface area contributed by atoms with Crippen molar-refractivity contribution in [2.24, 2.45) is 10.7 Å². The summed E-state index contributed by atoms with van der Waals surface area (Å²) in [4.78, 5) is 16.1. The molecule has 3 N–H and O–H groups in total. The van der Waals surface area contributed by atoms with Gasteiger partial charge in [-0.2, -0.15) is 5.26 Å². The lowest BCUT2D eigenvalue weighted by Crippen LogP contribution is -2.47. The van der Waals surface area contributed by atoms with Crippen LogP contribution in [0.1, 0.15) is 58.1 Å². The van der Waals surface area contributed by atoms with E-state index in [0.717, 1.165) is 43.5 Å². The minimum Gasteiger partial charge on any atom is -0.370 e. The molecule has 0 atom stereocenters. The number of carbonyl (C=O) groups excluding carboxylic acids is 1. The summed E-state index contributed by atoms with van der Waals surface area (Å²) >= 11 is 0. The molecular formula is C32H40FN5O. The molecule has 2 aromatic rings. The summed E-state index contributed by atoms with van der Waals surface area (Å²) < 4.78 is 12.8. The van der Waals surface area contributed by atoms with Crippen LogP contribution in [0.3, 0.4) is 0 Å². The Hall–Kier alpha value is -4.18. The van der Waals surface area contributed by atoms with Gasteiger partial charge in [0.2, 0.25) is 11.9 Å². The van der Waals surface area contributed by atoms with Gasteiger partial charge in [0, 0.05) is 20.0 Å². The van der Waals surface area contributed by atoms with Crippen LogP contribution >= 0.6 is 0 Å². The van der Waals surface area contributed by atoms with Crippen molar-refractivity contribution in [1.82, 2.24) is 10.2 Å². The fourth-order valence-electron chi connectivity index (χ4n) is 4.34. The summed E-state index contributed by atoms with van der Waals surface area (Å²) in [5.41, 5.74) is 9.14. The number of aliphatic imine (C=N–C) groups is 1. The quantitative estimate of drug-likeness (QED) is 0.211. The van der Waals surface area contributed by atoms with E-state index in [0.29, 0.717) is 12.5 Å². The highest BCUT2D eigenvalue weighted by molar-refractivity contribution is 5.81. The van der Waals surface area contributed by atoms with Crippen molar-refractivity contribution >= 4 is 11.9 Å². The van der Waals surface area contributed by atoms with Crippen LogP contribution in [0, 0.1) is 11.5 Å². The Morgan fingerprint density at radius 1 is 1.10 bits per heavy atom. The summed E-state index contributed by atoms with van der Waals surface area (Å²) in [6.07, 6.45) is 10.3. The zero-order valence-electron chi connectivity index (χ0n) is 23.5. The fraction of sp³-hybridized carbons (Fsp3) is 0.344. The predicted molar refractivity (Wildman–Crippen MR) is 157 cm³/mol. The lowest BCUT2D eigenvalue weighted by Gasteiger charge is -2.40. The van der Waals surface area contributed by atoms with Gasteiger partial charge in [-0.25, -0.2) is 9.38 Å². The van der Waals surface area contributed by atoms with E-state index in [1.165, 1.54) is 24.1 Å². The molecule has 0 radical (unpaired) electrons. The second-order valence-electron chi connectivity index (χ2n) is 10.0. The van der Waals surface area contributed by atoms with E-state index < -0.39 is 0 Å². The number of rotatable bonds is 3. The lowest BCUT2D eigenvalue weighted by atomic mass is 9.74. The molecular weight excluding hydrogens is 489 g/mol. The Balaban J connectivity index is 0.000000315. The normalized spacial score (nSPS) is 16.4. The number of hydrogen-bond donors (Lipinski definition) is 2. The Bertz CT molecular complexity index is 1210. The van der Waals surface area contributed by atoms with Gasteiger partial charge in [-0.15, -0.1) is 0 Å². The molecule has 0 spiro atoms. The zero-order valence-corrected chi connectivity index (χ0v) is 23.5. The summed E-state index contributed by atoms with van der Waals surface area (Å²) in [5, 5.41) is 11.8. The number of nitrogens with zero attached hydrogens (tertiary/aromatic N) is 3. The van der Waals surface area contributed by atoms with Crippen LogP contribution in [-0.4, -0.2) is 29.9 Å². The first-order chi connectivity index (χ1) is 18.6. The van der Waals surface area contributed by atoms with Gasteiger partial charge in [0.1, 0.15) is 5.83 Å². The summed E-state index contributed by atoms with van der Waals surface area (Å²) in [5.74, 6) is 0.235. The Labute approximate surface area is 232 Å². The number of halogens is 1. The molecule has 7 heteroatoms. The Kier molecular flexibility index (Phi) is 12.7. The summed E-state index contributed by atoms with van der Waals surface area (Å²) in [6, 6.07) is 20.8. The number of nitriles is 1. The minimum absolute atomic E-state index is 0.114. The molecule has 1 fully saturated rings. The van der Waals surface area contributed by atoms with Crippen LogP contribution < -0.4 is 11.1 Å². The molecule has 1 saturated heterocycles. The van der Waals surface area contributed by atoms with Crippen molar-refractivity contribution in [3.05, 3.63) is 107 Å². The molecule has 39 heavy (non-hydrogen) atoms. The number of primary amides is 1. The molecule has 4 rings (SSSR count). The van der Waals surface area contributed by atoms with Gasteiger partial charge >= 0.3 is 0 Å². The lowest BCUT2D eigenvalue weighted by molar-refractivity contribution is -0.115. The van der Waals surface area contributed by atoms with E-state index in [-0.39, 0.29) is 17.1 Å². The van der Waals surface area contributed by atoms with Gasteiger partial charge in [0.15, 0.2) is 6.19 Å². The average Bonchev–Trinajstić information content (AvgIpc) is 3.07. The average molecular weight is 530 g/mol. The molecule has 0 unspecified atom stereocenters. The second-order valence-corrected chi connectivity index (χ2v) is 10.0. The largest absolute Gasteiger partial charge is 0.370 e. The highest BCUT2D eigenvalue weighted by atomic mass is 19.1. The molecule has 2 aromatic carbocycles.